The molecule has 0 spiro atoms. The number of hydrogen-bond donors (Lipinski definition) is 3. The molecule has 0 aromatic heterocycles. The number of Topliss-reactive ketones (excluding diaryl/α,β-unsaturated/α-hetero) is 1. The number of rotatable bonds is 5. The minimum absolute atomic E-state index is 0.0232. The summed E-state index contributed by atoms with van der Waals surface area (Å²) in [5.41, 5.74) is 2.64. The van der Waals surface area contributed by atoms with E-state index in [0.717, 1.165) is 11.1 Å². The molecule has 30 heavy (non-hydrogen) atoms. The van der Waals surface area contributed by atoms with Gasteiger partial charge in [-0.2, -0.15) is 0 Å². The summed E-state index contributed by atoms with van der Waals surface area (Å²) >= 11 is 0. The van der Waals surface area contributed by atoms with Crippen LogP contribution in [0, 0.1) is 0 Å². The van der Waals surface area contributed by atoms with E-state index in [1.54, 1.807) is 6.07 Å². The number of ketones is 1. The van der Waals surface area contributed by atoms with Crippen LogP contribution in [0.15, 0.2) is 48.6 Å². The van der Waals surface area contributed by atoms with Gasteiger partial charge in [-0.1, -0.05) is 37.6 Å². The van der Waals surface area contributed by atoms with Crippen molar-refractivity contribution in [2.75, 3.05) is 0 Å². The summed E-state index contributed by atoms with van der Waals surface area (Å²) in [5.74, 6) is -0.556. The van der Waals surface area contributed by atoms with E-state index in [1.807, 2.05) is 52.0 Å². The molecule has 0 aliphatic carbocycles. The molecule has 3 N–H and O–H groups in total. The Morgan fingerprint density at radius 2 is 1.87 bits per heavy atom. The van der Waals surface area contributed by atoms with Crippen LogP contribution >= 0.6 is 0 Å². The van der Waals surface area contributed by atoms with Crippen molar-refractivity contribution >= 4 is 5.78 Å². The van der Waals surface area contributed by atoms with Gasteiger partial charge >= 0.3 is 0 Å². The summed E-state index contributed by atoms with van der Waals surface area (Å²) in [6.45, 7) is 11.8. The Kier molecular flexibility index (Phi) is 5.66. The molecule has 0 fully saturated rings. The third kappa shape index (κ3) is 3.92. The fraction of sp³-hybridized carbons (Fsp3) is 0.320. The van der Waals surface area contributed by atoms with E-state index in [2.05, 4.69) is 6.58 Å². The van der Waals surface area contributed by atoms with Crippen molar-refractivity contribution in [2.45, 2.75) is 52.1 Å². The van der Waals surface area contributed by atoms with Gasteiger partial charge in [0.15, 0.2) is 5.78 Å². The third-order valence-corrected chi connectivity index (χ3v) is 5.59. The maximum atomic E-state index is 12.9. The lowest BCUT2D eigenvalue weighted by molar-refractivity contribution is 0.0839. The number of benzene rings is 2. The van der Waals surface area contributed by atoms with Gasteiger partial charge in [-0.25, -0.2) is 0 Å². The maximum Gasteiger partial charge on any atom is 0.174 e. The average Bonchev–Trinajstić information content (AvgIpc) is 2.67. The molecule has 0 saturated heterocycles. The fourth-order valence-electron chi connectivity index (χ4n) is 3.53. The topological polar surface area (TPSA) is 87.0 Å². The summed E-state index contributed by atoms with van der Waals surface area (Å²) in [7, 11) is 0. The van der Waals surface area contributed by atoms with E-state index < -0.39 is 6.10 Å². The predicted molar refractivity (Wildman–Crippen MR) is 117 cm³/mol. The Morgan fingerprint density at radius 1 is 1.17 bits per heavy atom. The zero-order valence-electron chi connectivity index (χ0n) is 17.8. The van der Waals surface area contributed by atoms with Crippen LogP contribution in [-0.2, 0) is 11.8 Å². The highest BCUT2D eigenvalue weighted by Crippen LogP contribution is 2.47. The number of fused-ring (bicyclic) bond motifs is 1. The first-order valence-electron chi connectivity index (χ1n) is 9.93. The molecule has 1 aliphatic rings. The molecule has 158 valence electrons. The van der Waals surface area contributed by atoms with Crippen molar-refractivity contribution in [1.29, 1.82) is 0 Å². The van der Waals surface area contributed by atoms with Crippen LogP contribution in [0.2, 0.25) is 0 Å². The van der Waals surface area contributed by atoms with Gasteiger partial charge in [-0.3, -0.25) is 4.79 Å². The number of allylic oxidation sites excluding steroid dienone is 3. The minimum atomic E-state index is -0.739. The second kappa shape index (κ2) is 7.90. The molecule has 1 unspecified atom stereocenters. The Hall–Kier alpha value is -3.21. The SMILES string of the molecule is C=CC(C)(C)c1ccc(O)c(C2CC(=O)c3c(O)cc(O)c(CC=C(C)C)c3O2)c1. The highest BCUT2D eigenvalue weighted by molar-refractivity contribution is 6.03. The molecular weight excluding hydrogens is 380 g/mol. The molecule has 2 aromatic rings. The molecule has 0 amide bonds. The maximum absolute atomic E-state index is 12.9. The summed E-state index contributed by atoms with van der Waals surface area (Å²) in [5, 5.41) is 31.2. The van der Waals surface area contributed by atoms with Crippen LogP contribution in [0.5, 0.6) is 23.0 Å². The van der Waals surface area contributed by atoms with E-state index in [9.17, 15) is 20.1 Å². The normalized spacial score (nSPS) is 15.9. The van der Waals surface area contributed by atoms with Crippen molar-refractivity contribution in [2.24, 2.45) is 0 Å². The minimum Gasteiger partial charge on any atom is -0.508 e. The first kappa shape index (κ1) is 21.5. The lowest BCUT2D eigenvalue weighted by Gasteiger charge is -2.30. The molecule has 0 saturated carbocycles. The molecule has 0 bridgehead atoms. The molecule has 1 aliphatic heterocycles. The monoisotopic (exact) mass is 408 g/mol. The van der Waals surface area contributed by atoms with Gasteiger partial charge in [-0.15, -0.1) is 6.58 Å². The average molecular weight is 408 g/mol. The first-order chi connectivity index (χ1) is 14.0. The van der Waals surface area contributed by atoms with Crippen LogP contribution in [0.25, 0.3) is 0 Å². The van der Waals surface area contributed by atoms with E-state index in [-0.39, 0.29) is 46.2 Å². The second-order valence-electron chi connectivity index (χ2n) is 8.52. The molecule has 2 aromatic carbocycles. The van der Waals surface area contributed by atoms with Gasteiger partial charge in [-0.05, 0) is 38.0 Å². The van der Waals surface area contributed by atoms with Crippen LogP contribution < -0.4 is 4.74 Å². The van der Waals surface area contributed by atoms with E-state index in [0.29, 0.717) is 17.5 Å². The van der Waals surface area contributed by atoms with Gasteiger partial charge in [0.25, 0.3) is 0 Å². The van der Waals surface area contributed by atoms with Crippen LogP contribution in [0.3, 0.4) is 0 Å². The zero-order valence-corrected chi connectivity index (χ0v) is 17.8. The lowest BCUT2D eigenvalue weighted by Crippen LogP contribution is -2.22. The summed E-state index contributed by atoms with van der Waals surface area (Å²) in [6, 6.07) is 6.40. The number of ether oxygens (including phenoxy) is 1. The third-order valence-electron chi connectivity index (χ3n) is 5.59. The number of hydrogen-bond acceptors (Lipinski definition) is 5. The summed E-state index contributed by atoms with van der Waals surface area (Å²) < 4.78 is 6.14. The Balaban J connectivity index is 2.11. The highest BCUT2D eigenvalue weighted by atomic mass is 16.5. The van der Waals surface area contributed by atoms with Gasteiger partial charge in [0.05, 0.1) is 6.42 Å². The smallest absolute Gasteiger partial charge is 0.174 e. The first-order valence-corrected chi connectivity index (χ1v) is 9.93. The van der Waals surface area contributed by atoms with E-state index in [1.165, 1.54) is 6.07 Å². The van der Waals surface area contributed by atoms with Crippen molar-refractivity contribution < 1.29 is 24.9 Å². The van der Waals surface area contributed by atoms with Gasteiger partial charge in [0.2, 0.25) is 0 Å². The number of aromatic hydroxyl groups is 3. The molecule has 3 rings (SSSR count). The van der Waals surface area contributed by atoms with Crippen molar-refractivity contribution in [3.8, 4) is 23.0 Å². The Morgan fingerprint density at radius 3 is 2.50 bits per heavy atom. The standard InChI is InChI=1S/C25H28O5/c1-6-25(4,5)15-8-10-18(26)17(11-15)22-13-21(29)23-20(28)12-19(27)16(24(23)30-22)9-7-14(2)3/h6-8,10-12,22,26-28H,1,9,13H2,2-5H3. The van der Waals surface area contributed by atoms with Crippen LogP contribution in [0.1, 0.15) is 67.3 Å². The highest BCUT2D eigenvalue weighted by Gasteiger charge is 2.35. The van der Waals surface area contributed by atoms with Crippen LogP contribution in [0.4, 0.5) is 0 Å². The molecule has 5 nitrogen and oxygen atoms in total. The summed E-state index contributed by atoms with van der Waals surface area (Å²) in [6.07, 6.45) is 3.32. The lowest BCUT2D eigenvalue weighted by atomic mass is 9.82. The van der Waals surface area contributed by atoms with E-state index >= 15 is 0 Å². The molecule has 1 heterocycles. The second-order valence-corrected chi connectivity index (χ2v) is 8.52. The largest absolute Gasteiger partial charge is 0.508 e. The van der Waals surface area contributed by atoms with Crippen molar-refractivity contribution in [1.82, 2.24) is 0 Å². The quantitative estimate of drug-likeness (QED) is 0.570. The number of phenolic OH excluding ortho intramolecular Hbond substituents is 3. The van der Waals surface area contributed by atoms with Gasteiger partial charge in [0, 0.05) is 22.6 Å². The van der Waals surface area contributed by atoms with Crippen molar-refractivity contribution in [3.63, 3.8) is 0 Å². The Labute approximate surface area is 177 Å². The van der Waals surface area contributed by atoms with Gasteiger partial charge < -0.3 is 20.1 Å². The fourth-order valence-corrected chi connectivity index (χ4v) is 3.53. The molecule has 1 atom stereocenters. The number of carbonyl (C=O) groups is 1. The summed E-state index contributed by atoms with van der Waals surface area (Å²) in [4.78, 5) is 12.9. The molecule has 0 radical (unpaired) electrons. The zero-order chi connectivity index (χ0) is 22.2. The van der Waals surface area contributed by atoms with Crippen molar-refractivity contribution in [3.05, 3.63) is 70.8 Å². The number of carbonyl (C=O) groups excluding carboxylic acids is 1. The molecule has 5 heteroatoms. The Bertz CT molecular complexity index is 1040. The number of phenols is 3. The predicted octanol–water partition coefficient (Wildman–Crippen LogP) is 5.48. The van der Waals surface area contributed by atoms with E-state index in [4.69, 9.17) is 4.74 Å². The molecular formula is C25H28O5. The van der Waals surface area contributed by atoms with Crippen LogP contribution in [-0.4, -0.2) is 21.1 Å². The van der Waals surface area contributed by atoms with Gasteiger partial charge in [0.1, 0.15) is 34.7 Å².